The highest BCUT2D eigenvalue weighted by Crippen LogP contribution is 2.21. The van der Waals surface area contributed by atoms with Gasteiger partial charge >= 0.3 is 0 Å². The van der Waals surface area contributed by atoms with Crippen molar-refractivity contribution >= 4 is 27.9 Å². The monoisotopic (exact) mass is 319 g/mol. The van der Waals surface area contributed by atoms with Crippen LogP contribution in [0.5, 0.6) is 0 Å². The predicted octanol–water partition coefficient (Wildman–Crippen LogP) is 2.67. The lowest BCUT2D eigenvalue weighted by atomic mass is 10.0. The minimum absolute atomic E-state index is 0.0416. The average molecular weight is 319 g/mol. The van der Waals surface area contributed by atoms with Gasteiger partial charge in [0.2, 0.25) is 0 Å². The first kappa shape index (κ1) is 15.7. The van der Waals surface area contributed by atoms with Crippen molar-refractivity contribution in [1.29, 1.82) is 0 Å². The van der Waals surface area contributed by atoms with E-state index in [-0.39, 0.29) is 12.5 Å². The van der Waals surface area contributed by atoms with Crippen molar-refractivity contribution < 1.29 is 9.90 Å². The third-order valence-electron chi connectivity index (χ3n) is 3.76. The molecule has 1 heterocycles. The summed E-state index contributed by atoms with van der Waals surface area (Å²) in [7, 11) is 0. The first-order valence-electron chi connectivity index (χ1n) is 7.48. The summed E-state index contributed by atoms with van der Waals surface area (Å²) in [4.78, 5) is 16.6. The molecule has 0 aliphatic rings. The molecule has 0 fully saturated rings. The van der Waals surface area contributed by atoms with Crippen LogP contribution >= 0.6 is 0 Å². The molecule has 0 aliphatic carbocycles. The molecular formula is C19H17N3O2. The summed E-state index contributed by atoms with van der Waals surface area (Å²) < 4.78 is 0. The number of carbonyl (C=O) groups excluding carboxylic acids is 1. The smallest absolute Gasteiger partial charge is 0.257 e. The van der Waals surface area contributed by atoms with E-state index < -0.39 is 0 Å². The molecule has 3 aromatic rings. The fourth-order valence-electron chi connectivity index (χ4n) is 2.45. The van der Waals surface area contributed by atoms with Gasteiger partial charge in [0.15, 0.2) is 0 Å². The number of nitrogens with two attached hydrogens (primary N) is 1. The van der Waals surface area contributed by atoms with Crippen LogP contribution in [0.4, 0.5) is 5.69 Å². The topological polar surface area (TPSA) is 88.2 Å². The van der Waals surface area contributed by atoms with Gasteiger partial charge in [0, 0.05) is 29.7 Å². The quantitative estimate of drug-likeness (QED) is 0.645. The highest BCUT2D eigenvalue weighted by molar-refractivity contribution is 6.25. The molecule has 120 valence electrons. The summed E-state index contributed by atoms with van der Waals surface area (Å²) >= 11 is 0. The summed E-state index contributed by atoms with van der Waals surface area (Å²) in [5.41, 5.74) is 8.16. The van der Waals surface area contributed by atoms with Crippen molar-refractivity contribution in [3.05, 3.63) is 78.3 Å². The number of pyridine rings is 1. The highest BCUT2D eigenvalue weighted by Gasteiger charge is 2.12. The number of benzene rings is 2. The van der Waals surface area contributed by atoms with E-state index in [0.29, 0.717) is 16.8 Å². The summed E-state index contributed by atoms with van der Waals surface area (Å²) in [5, 5.41) is 13.9. The van der Waals surface area contributed by atoms with Gasteiger partial charge in [0.25, 0.3) is 5.91 Å². The van der Waals surface area contributed by atoms with Gasteiger partial charge in [-0.3, -0.25) is 9.78 Å². The number of hydrogen-bond donors (Lipinski definition) is 3. The van der Waals surface area contributed by atoms with Crippen LogP contribution in [-0.2, 0) is 11.4 Å². The highest BCUT2D eigenvalue weighted by atomic mass is 16.3. The Balaban J connectivity index is 1.82. The zero-order chi connectivity index (χ0) is 16.9. The number of fused-ring (bicyclic) bond motifs is 1. The molecule has 3 rings (SSSR count). The van der Waals surface area contributed by atoms with Gasteiger partial charge in [-0.05, 0) is 34.7 Å². The number of carbonyl (C=O) groups is 1. The van der Waals surface area contributed by atoms with E-state index in [4.69, 9.17) is 10.8 Å². The van der Waals surface area contributed by atoms with Gasteiger partial charge in [0.05, 0.1) is 12.2 Å². The molecule has 24 heavy (non-hydrogen) atoms. The standard InChI is InChI=1S/C19H17N3O2/c20-10-18(14-3-1-13(12-23)2-4-14)19(24)22-17-6-5-16-11-21-8-7-15(16)9-17/h1-11,23H,12,20H2,(H,22,24)/b18-10+. The maximum atomic E-state index is 12.5. The van der Waals surface area contributed by atoms with E-state index >= 15 is 0 Å². The largest absolute Gasteiger partial charge is 0.404 e. The van der Waals surface area contributed by atoms with Gasteiger partial charge in [-0.15, -0.1) is 0 Å². The zero-order valence-electron chi connectivity index (χ0n) is 12.9. The lowest BCUT2D eigenvalue weighted by Crippen LogP contribution is -2.14. The normalized spacial score (nSPS) is 11.5. The van der Waals surface area contributed by atoms with Crippen molar-refractivity contribution in [2.75, 3.05) is 5.32 Å². The Kier molecular flexibility index (Phi) is 4.54. The van der Waals surface area contributed by atoms with Gasteiger partial charge in [-0.1, -0.05) is 30.3 Å². The molecule has 4 N–H and O–H groups in total. The van der Waals surface area contributed by atoms with Crippen LogP contribution < -0.4 is 11.1 Å². The van der Waals surface area contributed by atoms with Gasteiger partial charge in [0.1, 0.15) is 0 Å². The van der Waals surface area contributed by atoms with Crippen LogP contribution in [0.1, 0.15) is 11.1 Å². The van der Waals surface area contributed by atoms with E-state index in [0.717, 1.165) is 16.3 Å². The summed E-state index contributed by atoms with van der Waals surface area (Å²) in [5.74, 6) is -0.289. The van der Waals surface area contributed by atoms with E-state index in [9.17, 15) is 4.79 Å². The molecule has 0 radical (unpaired) electrons. The van der Waals surface area contributed by atoms with Crippen molar-refractivity contribution in [2.24, 2.45) is 5.73 Å². The minimum Gasteiger partial charge on any atom is -0.404 e. The van der Waals surface area contributed by atoms with E-state index in [1.165, 1.54) is 6.20 Å². The zero-order valence-corrected chi connectivity index (χ0v) is 12.9. The Morgan fingerprint density at radius 2 is 1.92 bits per heavy atom. The second kappa shape index (κ2) is 6.93. The lowest BCUT2D eigenvalue weighted by molar-refractivity contribution is -0.111. The number of nitrogens with zero attached hydrogens (tertiary/aromatic N) is 1. The Morgan fingerprint density at radius 3 is 2.62 bits per heavy atom. The number of rotatable bonds is 4. The van der Waals surface area contributed by atoms with Crippen molar-refractivity contribution in [3.8, 4) is 0 Å². The Morgan fingerprint density at radius 1 is 1.12 bits per heavy atom. The van der Waals surface area contributed by atoms with Crippen LogP contribution in [0.15, 0.2) is 67.1 Å². The molecule has 5 nitrogen and oxygen atoms in total. The molecule has 0 saturated carbocycles. The van der Waals surface area contributed by atoms with Crippen molar-refractivity contribution in [3.63, 3.8) is 0 Å². The molecule has 0 saturated heterocycles. The molecule has 0 unspecified atom stereocenters. The fourth-order valence-corrected chi connectivity index (χ4v) is 2.45. The molecular weight excluding hydrogens is 302 g/mol. The van der Waals surface area contributed by atoms with Crippen LogP contribution in [-0.4, -0.2) is 16.0 Å². The van der Waals surface area contributed by atoms with Crippen molar-refractivity contribution in [1.82, 2.24) is 4.98 Å². The summed E-state index contributed by atoms with van der Waals surface area (Å²) in [6.45, 7) is -0.0416. The van der Waals surface area contributed by atoms with Gasteiger partial charge in [-0.25, -0.2) is 0 Å². The first-order chi connectivity index (χ1) is 11.7. The van der Waals surface area contributed by atoms with Crippen LogP contribution in [0, 0.1) is 0 Å². The van der Waals surface area contributed by atoms with Crippen LogP contribution in [0.25, 0.3) is 16.3 Å². The van der Waals surface area contributed by atoms with Crippen LogP contribution in [0.2, 0.25) is 0 Å². The molecule has 0 aliphatic heterocycles. The predicted molar refractivity (Wildman–Crippen MR) is 94.9 cm³/mol. The molecule has 0 spiro atoms. The number of anilines is 1. The Hall–Kier alpha value is -3.18. The summed E-state index contributed by atoms with van der Waals surface area (Å²) in [6, 6.07) is 14.5. The number of aliphatic hydroxyl groups excluding tert-OH is 1. The van der Waals surface area contributed by atoms with Gasteiger partial charge < -0.3 is 16.2 Å². The average Bonchev–Trinajstić information content (AvgIpc) is 2.63. The number of amides is 1. The molecule has 1 aromatic heterocycles. The van der Waals surface area contributed by atoms with E-state index in [2.05, 4.69) is 10.3 Å². The number of nitrogens with one attached hydrogen (secondary N) is 1. The molecule has 2 aromatic carbocycles. The third kappa shape index (κ3) is 3.26. The Bertz CT molecular complexity index is 902. The van der Waals surface area contributed by atoms with Crippen molar-refractivity contribution in [2.45, 2.75) is 6.61 Å². The fraction of sp³-hybridized carbons (Fsp3) is 0.0526. The van der Waals surface area contributed by atoms with Gasteiger partial charge in [-0.2, -0.15) is 0 Å². The number of aliphatic hydroxyl groups is 1. The maximum Gasteiger partial charge on any atom is 0.257 e. The molecule has 0 bridgehead atoms. The first-order valence-corrected chi connectivity index (χ1v) is 7.48. The third-order valence-corrected chi connectivity index (χ3v) is 3.76. The lowest BCUT2D eigenvalue weighted by Gasteiger charge is -2.10. The Labute approximate surface area is 139 Å². The number of aromatic nitrogens is 1. The van der Waals surface area contributed by atoms with E-state index in [1.807, 2.05) is 24.3 Å². The second-order valence-corrected chi connectivity index (χ2v) is 5.33. The SMILES string of the molecule is N/C=C(/C(=O)Nc1ccc2cnccc2c1)c1ccc(CO)cc1. The van der Waals surface area contributed by atoms with E-state index in [1.54, 1.807) is 36.7 Å². The minimum atomic E-state index is -0.289. The second-order valence-electron chi connectivity index (χ2n) is 5.33. The number of hydrogen-bond acceptors (Lipinski definition) is 4. The molecule has 1 amide bonds. The maximum absolute atomic E-state index is 12.5. The van der Waals surface area contributed by atoms with Crippen LogP contribution in [0.3, 0.4) is 0 Å². The summed E-state index contributed by atoms with van der Waals surface area (Å²) in [6.07, 6.45) is 4.77. The molecule has 0 atom stereocenters. The molecule has 5 heteroatoms.